The van der Waals surface area contributed by atoms with Gasteiger partial charge in [0.15, 0.2) is 11.4 Å². The molecule has 0 aliphatic heterocycles. The van der Waals surface area contributed by atoms with Gasteiger partial charge in [-0.15, -0.1) is 11.3 Å². The number of ether oxygens (including phenoxy) is 3. The normalized spacial score (nSPS) is 16.0. The number of nitrogens with zero attached hydrogens (tertiary/aromatic N) is 3. The fourth-order valence-electron chi connectivity index (χ4n) is 12.8. The number of benzene rings is 2. The Morgan fingerprint density at radius 3 is 1.93 bits per heavy atom. The lowest BCUT2D eigenvalue weighted by Gasteiger charge is -2.38. The summed E-state index contributed by atoms with van der Waals surface area (Å²) in [6.45, 7) is 17.6. The molecule has 14 atom stereocenters. The number of nitrogens with one attached hydrogen (secondary N) is 11. The first kappa shape index (κ1) is 103. The van der Waals surface area contributed by atoms with Crippen molar-refractivity contribution in [2.45, 2.75) is 244 Å². The number of aliphatic carboxylic acids is 5. The van der Waals surface area contributed by atoms with Crippen molar-refractivity contribution in [2.24, 2.45) is 23.7 Å². The molecule has 0 radical (unpaired) electrons. The number of anilines is 1. The van der Waals surface area contributed by atoms with Gasteiger partial charge >= 0.3 is 35.9 Å². The molecule has 0 saturated heterocycles. The SMILES string of the molecule is CCCC(OC)OCN(C(=O)[C@@H](NC(=O)CCCCCN(C)CC)C(C)CC)[C@H](CCc1nc(C(=O)NC(C[C@H](C)C2CC2NCNC(=O)OCCSSC[C@@H](NC(=O)[C@@H](Cc2ccccc2)NC(=O)[C@H](CC(=O)O)NC(=O)CC[C@@H](C)NC(=O)CC[C@H](NC(=S)N[C@@H](CCC(=O)O)C(=O)O)C(=O)O)C(=O)O)Nc2ccc(O)cc2)cs1)C(C)C. The van der Waals surface area contributed by atoms with Crippen LogP contribution in [0, 0.1) is 23.7 Å². The second-order valence-electron chi connectivity index (χ2n) is 30.2. The van der Waals surface area contributed by atoms with Crippen LogP contribution in [0.15, 0.2) is 60.0 Å². The lowest BCUT2D eigenvalue weighted by atomic mass is 9.93. The monoisotopic (exact) mass is 1760 g/mol. The molecule has 670 valence electrons. The maximum atomic E-state index is 14.9. The number of aromatic nitrogens is 1. The van der Waals surface area contributed by atoms with Gasteiger partial charge in [0.1, 0.15) is 61.0 Å². The minimum atomic E-state index is -1.74. The number of amides is 8. The zero-order chi connectivity index (χ0) is 89.0. The van der Waals surface area contributed by atoms with Crippen LogP contribution in [-0.4, -0.2) is 253 Å². The van der Waals surface area contributed by atoms with Crippen molar-refractivity contribution in [1.82, 2.24) is 68.0 Å². The molecule has 1 aromatic heterocycles. The van der Waals surface area contributed by atoms with E-state index in [0.717, 1.165) is 60.4 Å². The number of unbranched alkanes of at least 4 members (excludes halogenated alkanes) is 2. The highest BCUT2D eigenvalue weighted by Gasteiger charge is 2.42. The van der Waals surface area contributed by atoms with Crippen LogP contribution >= 0.6 is 45.1 Å². The van der Waals surface area contributed by atoms with E-state index in [1.54, 1.807) is 59.9 Å². The van der Waals surface area contributed by atoms with Gasteiger partial charge in [0.05, 0.1) is 24.3 Å². The summed E-state index contributed by atoms with van der Waals surface area (Å²) < 4.78 is 17.3. The molecule has 0 spiro atoms. The second kappa shape index (κ2) is 55.7. The van der Waals surface area contributed by atoms with Gasteiger partial charge in [0.2, 0.25) is 35.4 Å². The number of thiazole rings is 1. The fraction of sp³-hybridized carbons (Fsp3) is 0.637. The molecule has 1 aliphatic rings. The Hall–Kier alpha value is -9.19. The number of alkyl carbamates (subject to hydrolysis) is 1. The summed E-state index contributed by atoms with van der Waals surface area (Å²) in [6.07, 6.45) is 2.18. The molecule has 36 nitrogen and oxygen atoms in total. The Labute approximate surface area is 718 Å². The van der Waals surface area contributed by atoms with Crippen molar-refractivity contribution >= 4 is 133 Å². The number of phenols is 1. The number of hydrogen-bond acceptors (Lipinski definition) is 25. The van der Waals surface area contributed by atoms with Crippen LogP contribution in [0.2, 0.25) is 0 Å². The van der Waals surface area contributed by atoms with Gasteiger partial charge in [0, 0.05) is 86.3 Å². The summed E-state index contributed by atoms with van der Waals surface area (Å²) in [5, 5.41) is 90.2. The zero-order valence-corrected chi connectivity index (χ0v) is 73.3. The molecule has 8 amide bonds. The number of carboxylic acid groups (broad SMARTS) is 5. The Balaban J connectivity index is 1.27. The van der Waals surface area contributed by atoms with E-state index in [4.69, 9.17) is 36.5 Å². The number of carboxylic acids is 5. The maximum Gasteiger partial charge on any atom is 0.408 e. The molecular weight excluding hydrogens is 1640 g/mol. The van der Waals surface area contributed by atoms with E-state index >= 15 is 0 Å². The van der Waals surface area contributed by atoms with Crippen molar-refractivity contribution < 1.29 is 107 Å². The Kier molecular flexibility index (Phi) is 47.9. The van der Waals surface area contributed by atoms with Crippen molar-refractivity contribution in [3.8, 4) is 5.75 Å². The molecule has 17 N–H and O–H groups in total. The van der Waals surface area contributed by atoms with Crippen LogP contribution in [0.3, 0.4) is 0 Å². The summed E-state index contributed by atoms with van der Waals surface area (Å²) in [4.78, 5) is 177. The first-order valence-corrected chi connectivity index (χ1v) is 44.4. The molecule has 40 heteroatoms. The summed E-state index contributed by atoms with van der Waals surface area (Å²) >= 11 is 6.37. The van der Waals surface area contributed by atoms with Crippen LogP contribution in [0.5, 0.6) is 5.75 Å². The van der Waals surface area contributed by atoms with Crippen molar-refractivity contribution in [3.63, 3.8) is 0 Å². The molecular formula is C80H124N14O22S4. The van der Waals surface area contributed by atoms with Crippen molar-refractivity contribution in [3.05, 3.63) is 76.2 Å². The van der Waals surface area contributed by atoms with E-state index in [2.05, 4.69) is 84.3 Å². The van der Waals surface area contributed by atoms with Gasteiger partial charge in [-0.2, -0.15) is 0 Å². The first-order valence-electron chi connectivity index (χ1n) is 40.6. The fourth-order valence-corrected chi connectivity index (χ4v) is 15.8. The third kappa shape index (κ3) is 40.5. The number of carbonyl (C=O) groups excluding carboxylic acids is 8. The average molecular weight is 1760 g/mol. The summed E-state index contributed by atoms with van der Waals surface area (Å²) in [6, 6.07) is 5.29. The predicted molar refractivity (Wildman–Crippen MR) is 457 cm³/mol. The highest BCUT2D eigenvalue weighted by molar-refractivity contribution is 8.76. The number of carbonyl (C=O) groups is 13. The van der Waals surface area contributed by atoms with Crippen LogP contribution in [0.4, 0.5) is 10.5 Å². The van der Waals surface area contributed by atoms with Crippen molar-refractivity contribution in [1.29, 1.82) is 0 Å². The van der Waals surface area contributed by atoms with Gasteiger partial charge in [-0.1, -0.05) is 120 Å². The van der Waals surface area contributed by atoms with Gasteiger partial charge in [-0.25, -0.2) is 24.2 Å². The number of thiocarbonyl (C=S) groups is 1. The Morgan fingerprint density at radius 2 is 1.31 bits per heavy atom. The number of methoxy groups -OCH3 is 1. The van der Waals surface area contributed by atoms with Crippen LogP contribution in [0.25, 0.3) is 0 Å². The van der Waals surface area contributed by atoms with E-state index < -0.39 is 138 Å². The molecule has 4 rings (SSSR count). The molecule has 5 unspecified atom stereocenters. The minimum absolute atomic E-state index is 0.0191. The van der Waals surface area contributed by atoms with E-state index in [1.807, 2.05) is 34.6 Å². The quantitative estimate of drug-likeness (QED) is 0.00980. The highest BCUT2D eigenvalue weighted by atomic mass is 33.1. The van der Waals surface area contributed by atoms with Gasteiger partial charge in [-0.3, -0.25) is 48.5 Å². The number of phenolic OH excluding ortho intramolecular Hbond substituents is 1. The lowest BCUT2D eigenvalue weighted by Crippen LogP contribution is -2.57. The van der Waals surface area contributed by atoms with Crippen molar-refractivity contribution in [2.75, 3.05) is 64.1 Å². The summed E-state index contributed by atoms with van der Waals surface area (Å²) in [5.41, 5.74) is 1.40. The van der Waals surface area contributed by atoms with Gasteiger partial charge in [-0.05, 0) is 151 Å². The summed E-state index contributed by atoms with van der Waals surface area (Å²) in [5.74, 6) is -11.3. The van der Waals surface area contributed by atoms with E-state index in [-0.39, 0.29) is 129 Å². The first-order chi connectivity index (χ1) is 57.0. The minimum Gasteiger partial charge on any atom is -0.508 e. The Morgan fingerprint density at radius 1 is 0.675 bits per heavy atom. The second-order valence-corrected chi connectivity index (χ2v) is 34.1. The standard InChI is InChI=1S/C80H124N14O22S4/c1-11-20-70(114-10)116-46-94(75(106)71(48(6)12-2)92-64(96)23-18-15-19-36-93(9)13-3)62(47(4)5)31-34-67-86-60(43-118-67)74(105)91-63(84-52-25-27-53(95)28-26-52)39-49(7)54-41-57(54)81-45-82-80(113)115-37-38-119-120-44-61(78(111)112)88-72(103)58(40-51-21-16-14-17-22-51)87-73(104)59(42-69(101)102)85-66(98)32-24-50(8)83-65(97)33-29-55(76(107)108)89-79(117)90-56(77(109)110)30-35-68(99)100/h14,16-17,21-22,25-28,43,47-50,54-59,61-63,70-71,81,84,95H,11-13,15,18-20,23-24,29-42,44-46H2,1-10H3,(H,82,113)(H,83,97)(H,85,98)(H,87,104)(H,88,103)(H,91,105)(H,92,96)(H,99,100)(H,101,102)(H,107,108)(H,109,110)(H,111,112)(H2,89,90,117)/t48?,49-,50+,54?,55-,56-,57?,58+,59-,61+,62+,63?,70?,71-/m0/s1. The molecule has 0 bridgehead atoms. The van der Waals surface area contributed by atoms with Gasteiger partial charge in [0.25, 0.3) is 5.91 Å². The molecule has 3 aromatic rings. The largest absolute Gasteiger partial charge is 0.508 e. The van der Waals surface area contributed by atoms with E-state index in [1.165, 1.54) is 30.4 Å². The van der Waals surface area contributed by atoms with Crippen LogP contribution < -0.4 is 58.5 Å². The molecule has 1 fully saturated rings. The highest BCUT2D eigenvalue weighted by Crippen LogP contribution is 2.40. The average Bonchev–Trinajstić information content (AvgIpc) is 1.70. The van der Waals surface area contributed by atoms with Crippen LogP contribution in [0.1, 0.15) is 186 Å². The van der Waals surface area contributed by atoms with Gasteiger partial charge < -0.3 is 108 Å². The third-order valence-corrected chi connectivity index (χ3v) is 23.7. The lowest BCUT2D eigenvalue weighted by molar-refractivity contribution is -0.176. The summed E-state index contributed by atoms with van der Waals surface area (Å²) in [7, 11) is 5.86. The molecule has 120 heavy (non-hydrogen) atoms. The smallest absolute Gasteiger partial charge is 0.408 e. The molecule has 2 aromatic carbocycles. The van der Waals surface area contributed by atoms with E-state index in [9.17, 15) is 87.9 Å². The zero-order valence-electron chi connectivity index (χ0n) is 70.0. The molecule has 1 heterocycles. The number of aryl methyl sites for hydroxylation is 1. The molecule has 1 aliphatic carbocycles. The number of rotatable bonds is 62. The van der Waals surface area contributed by atoms with E-state index in [0.29, 0.717) is 61.2 Å². The maximum absolute atomic E-state index is 14.9. The molecule has 1 saturated carbocycles. The third-order valence-electron chi connectivity index (χ3n) is 20.1. The number of aromatic hydroxyl groups is 1. The topological polar surface area (TPSA) is 523 Å². The number of hydrogen-bond donors (Lipinski definition) is 17. The predicted octanol–water partition coefficient (Wildman–Crippen LogP) is 6.22. The Bertz CT molecular complexity index is 3760. The van der Waals surface area contributed by atoms with Crippen LogP contribution in [-0.2, 0) is 79.8 Å².